The van der Waals surface area contributed by atoms with Gasteiger partial charge in [-0.25, -0.2) is 0 Å². The largest absolute Gasteiger partial charge is 0.378 e. The minimum absolute atomic E-state index is 0.118. The molecule has 1 saturated heterocycles. The maximum absolute atomic E-state index is 12.5. The minimum Gasteiger partial charge on any atom is -0.378 e. The Balaban J connectivity index is 1.64. The van der Waals surface area contributed by atoms with Gasteiger partial charge in [-0.2, -0.15) is 4.37 Å². The maximum atomic E-state index is 12.5. The molecule has 1 fully saturated rings. The molecule has 2 aromatic rings. The van der Waals surface area contributed by atoms with Crippen LogP contribution in [-0.2, 0) is 6.54 Å². The molecular formula is C19H26N4OS. The zero-order chi connectivity index (χ0) is 17.8. The summed E-state index contributed by atoms with van der Waals surface area (Å²) in [4.78, 5) is 15.1. The fourth-order valence-corrected chi connectivity index (χ4v) is 4.06. The van der Waals surface area contributed by atoms with Gasteiger partial charge < -0.3 is 10.6 Å². The van der Waals surface area contributed by atoms with E-state index in [1.54, 1.807) is 7.05 Å². The molecule has 2 heterocycles. The fraction of sp³-hybridized carbons (Fsp3) is 0.474. The Hall–Kier alpha value is -1.92. The summed E-state index contributed by atoms with van der Waals surface area (Å²) in [6.45, 7) is 6.32. The first-order valence-electron chi connectivity index (χ1n) is 8.87. The Morgan fingerprint density at radius 2 is 2.08 bits per heavy atom. The molecule has 1 aromatic heterocycles. The second-order valence-corrected chi connectivity index (χ2v) is 7.46. The molecule has 0 saturated carbocycles. The van der Waals surface area contributed by atoms with Crippen LogP contribution < -0.4 is 10.6 Å². The number of nitrogens with zero attached hydrogens (tertiary/aromatic N) is 2. The highest BCUT2D eigenvalue weighted by Gasteiger charge is 2.19. The second-order valence-electron chi connectivity index (χ2n) is 6.69. The normalized spacial score (nSPS) is 18.1. The van der Waals surface area contributed by atoms with Gasteiger partial charge in [-0.15, -0.1) is 0 Å². The first-order chi connectivity index (χ1) is 12.1. The summed E-state index contributed by atoms with van der Waals surface area (Å²) in [5, 5.41) is 6.80. The molecule has 0 bridgehead atoms. The molecule has 1 aromatic carbocycles. The van der Waals surface area contributed by atoms with Crippen molar-refractivity contribution in [1.29, 1.82) is 0 Å². The van der Waals surface area contributed by atoms with E-state index in [4.69, 9.17) is 0 Å². The van der Waals surface area contributed by atoms with Gasteiger partial charge >= 0.3 is 0 Å². The van der Waals surface area contributed by atoms with Crippen LogP contribution in [0.25, 0.3) is 0 Å². The number of carbonyl (C=O) groups is 1. The monoisotopic (exact) mass is 358 g/mol. The van der Waals surface area contributed by atoms with E-state index >= 15 is 0 Å². The molecule has 3 rings (SSSR count). The van der Waals surface area contributed by atoms with E-state index in [-0.39, 0.29) is 5.91 Å². The van der Waals surface area contributed by atoms with Crippen molar-refractivity contribution in [2.45, 2.75) is 45.7 Å². The predicted molar refractivity (Wildman–Crippen MR) is 105 cm³/mol. The van der Waals surface area contributed by atoms with Gasteiger partial charge in [0, 0.05) is 25.3 Å². The number of aromatic nitrogens is 1. The summed E-state index contributed by atoms with van der Waals surface area (Å²) in [6.07, 6.45) is 3.92. The van der Waals surface area contributed by atoms with Crippen molar-refractivity contribution in [3.63, 3.8) is 0 Å². The van der Waals surface area contributed by atoms with Gasteiger partial charge in [0.2, 0.25) is 0 Å². The summed E-state index contributed by atoms with van der Waals surface area (Å²) < 4.78 is 4.25. The number of hydrogen-bond donors (Lipinski definition) is 2. The fourth-order valence-electron chi connectivity index (χ4n) is 3.32. The lowest BCUT2D eigenvalue weighted by Gasteiger charge is -2.33. The smallest absolute Gasteiger partial charge is 0.260 e. The van der Waals surface area contributed by atoms with Crippen molar-refractivity contribution in [3.8, 4) is 0 Å². The third-order valence-electron chi connectivity index (χ3n) is 4.85. The van der Waals surface area contributed by atoms with E-state index in [9.17, 15) is 4.79 Å². The molecule has 1 aliphatic rings. The van der Waals surface area contributed by atoms with E-state index < -0.39 is 0 Å². The molecule has 1 unspecified atom stereocenters. The topological polar surface area (TPSA) is 57.3 Å². The molecule has 0 aliphatic carbocycles. The molecule has 1 amide bonds. The zero-order valence-corrected chi connectivity index (χ0v) is 15.9. The van der Waals surface area contributed by atoms with Gasteiger partial charge in [-0.3, -0.25) is 9.69 Å². The highest BCUT2D eigenvalue weighted by Crippen LogP contribution is 2.25. The van der Waals surface area contributed by atoms with Crippen LogP contribution in [0, 0.1) is 6.92 Å². The van der Waals surface area contributed by atoms with Crippen molar-refractivity contribution in [1.82, 2.24) is 9.27 Å². The average Bonchev–Trinajstić information content (AvgIpc) is 2.99. The number of anilines is 2. The van der Waals surface area contributed by atoms with Crippen molar-refractivity contribution in [2.75, 3.05) is 24.2 Å². The average molecular weight is 359 g/mol. The molecule has 0 spiro atoms. The summed E-state index contributed by atoms with van der Waals surface area (Å²) in [5.41, 5.74) is 3.48. The summed E-state index contributed by atoms with van der Waals surface area (Å²) in [7, 11) is 1.81. The predicted octanol–water partition coefficient (Wildman–Crippen LogP) is 4.12. The first kappa shape index (κ1) is 17.9. The number of aryl methyl sites for hydroxylation is 1. The first-order valence-corrected chi connectivity index (χ1v) is 9.64. The SMILES string of the molecule is CNc1snc(C)c1C(=O)Nc1ccc(CN2CCCCC2C)cc1. The molecule has 134 valence electrons. The third-order valence-corrected chi connectivity index (χ3v) is 5.81. The zero-order valence-electron chi connectivity index (χ0n) is 15.1. The van der Waals surface area contributed by atoms with E-state index in [0.717, 1.165) is 22.9 Å². The number of amides is 1. The Labute approximate surface area is 153 Å². The lowest BCUT2D eigenvalue weighted by molar-refractivity contribution is 0.102. The van der Waals surface area contributed by atoms with Gasteiger partial charge in [0.05, 0.1) is 11.3 Å². The summed E-state index contributed by atoms with van der Waals surface area (Å²) in [6, 6.07) is 8.83. The maximum Gasteiger partial charge on any atom is 0.260 e. The lowest BCUT2D eigenvalue weighted by atomic mass is 10.0. The Morgan fingerprint density at radius 1 is 1.32 bits per heavy atom. The van der Waals surface area contributed by atoms with Crippen molar-refractivity contribution < 1.29 is 4.79 Å². The van der Waals surface area contributed by atoms with Crippen LogP contribution in [0.3, 0.4) is 0 Å². The van der Waals surface area contributed by atoms with Gasteiger partial charge in [-0.1, -0.05) is 18.6 Å². The number of carbonyl (C=O) groups excluding carboxylic acids is 1. The summed E-state index contributed by atoms with van der Waals surface area (Å²) in [5.74, 6) is -0.118. The molecule has 1 aliphatic heterocycles. The Morgan fingerprint density at radius 3 is 2.76 bits per heavy atom. The highest BCUT2D eigenvalue weighted by atomic mass is 32.1. The van der Waals surface area contributed by atoms with Crippen LogP contribution in [-0.4, -0.2) is 34.8 Å². The van der Waals surface area contributed by atoms with E-state index in [2.05, 4.69) is 39.0 Å². The standard InChI is InChI=1S/C19H26N4OS/c1-13-6-4-5-11-23(13)12-15-7-9-16(10-8-15)21-18(24)17-14(2)22-25-19(17)20-3/h7-10,13,20H,4-6,11-12H2,1-3H3,(H,21,24). The van der Waals surface area contributed by atoms with Gasteiger partial charge in [0.1, 0.15) is 5.00 Å². The van der Waals surface area contributed by atoms with Gasteiger partial charge in [-0.05, 0) is 62.5 Å². The number of likely N-dealkylation sites (tertiary alicyclic amines) is 1. The molecular weight excluding hydrogens is 332 g/mol. The lowest BCUT2D eigenvalue weighted by Crippen LogP contribution is -2.36. The Bertz CT molecular complexity index is 726. The van der Waals surface area contributed by atoms with Crippen LogP contribution in [0.5, 0.6) is 0 Å². The second kappa shape index (κ2) is 7.97. The number of rotatable bonds is 5. The number of hydrogen-bond acceptors (Lipinski definition) is 5. The third kappa shape index (κ3) is 4.19. The molecule has 1 atom stereocenters. The minimum atomic E-state index is -0.118. The number of benzene rings is 1. The molecule has 2 N–H and O–H groups in total. The molecule has 25 heavy (non-hydrogen) atoms. The van der Waals surface area contributed by atoms with Crippen LogP contribution in [0.2, 0.25) is 0 Å². The molecule has 6 heteroatoms. The van der Waals surface area contributed by atoms with Crippen LogP contribution in [0.1, 0.15) is 47.8 Å². The highest BCUT2D eigenvalue weighted by molar-refractivity contribution is 7.10. The van der Waals surface area contributed by atoms with Crippen molar-refractivity contribution >= 4 is 28.1 Å². The van der Waals surface area contributed by atoms with Gasteiger partial charge in [0.15, 0.2) is 0 Å². The van der Waals surface area contributed by atoms with Crippen LogP contribution >= 0.6 is 11.5 Å². The molecule has 5 nitrogen and oxygen atoms in total. The molecule has 0 radical (unpaired) electrons. The quantitative estimate of drug-likeness (QED) is 0.844. The van der Waals surface area contributed by atoms with Crippen LogP contribution in [0.4, 0.5) is 10.7 Å². The van der Waals surface area contributed by atoms with E-state index in [0.29, 0.717) is 11.6 Å². The van der Waals surface area contributed by atoms with Crippen molar-refractivity contribution in [3.05, 3.63) is 41.1 Å². The summed E-state index contributed by atoms with van der Waals surface area (Å²) >= 11 is 1.31. The van der Waals surface area contributed by atoms with E-state index in [1.807, 2.05) is 19.1 Å². The number of nitrogens with one attached hydrogen (secondary N) is 2. The van der Waals surface area contributed by atoms with E-state index in [1.165, 1.54) is 42.9 Å². The Kier molecular flexibility index (Phi) is 5.71. The number of piperidine rings is 1. The van der Waals surface area contributed by atoms with Crippen molar-refractivity contribution in [2.24, 2.45) is 0 Å². The van der Waals surface area contributed by atoms with Gasteiger partial charge in [0.25, 0.3) is 5.91 Å². The van der Waals surface area contributed by atoms with Crippen LogP contribution in [0.15, 0.2) is 24.3 Å².